The minimum Gasteiger partial charge on any atom is -0.312 e. The van der Waals surface area contributed by atoms with Gasteiger partial charge in [0.15, 0.2) is 0 Å². The lowest BCUT2D eigenvalue weighted by molar-refractivity contribution is 0.484. The van der Waals surface area contributed by atoms with Crippen LogP contribution in [0.3, 0.4) is 0 Å². The number of aromatic nitrogens is 2. The van der Waals surface area contributed by atoms with Crippen molar-refractivity contribution in [3.05, 3.63) is 64.7 Å². The molecule has 1 aromatic carbocycles. The zero-order valence-corrected chi connectivity index (χ0v) is 13.3. The van der Waals surface area contributed by atoms with Crippen LogP contribution in [0.2, 0.25) is 0 Å². The van der Waals surface area contributed by atoms with Crippen LogP contribution in [0, 0.1) is 5.92 Å². The second-order valence-corrected chi connectivity index (χ2v) is 6.54. The smallest absolute Gasteiger partial charge is 0.258 e. The van der Waals surface area contributed by atoms with E-state index in [9.17, 15) is 4.79 Å². The van der Waals surface area contributed by atoms with E-state index in [1.165, 1.54) is 5.69 Å². The van der Waals surface area contributed by atoms with E-state index in [0.29, 0.717) is 5.92 Å². The molecule has 3 heteroatoms. The Morgan fingerprint density at radius 2 is 2.04 bits per heavy atom. The van der Waals surface area contributed by atoms with Crippen molar-refractivity contribution in [1.82, 2.24) is 9.55 Å². The van der Waals surface area contributed by atoms with Crippen molar-refractivity contribution >= 4 is 10.8 Å². The summed E-state index contributed by atoms with van der Waals surface area (Å²) in [4.78, 5) is 17.2. The van der Waals surface area contributed by atoms with Gasteiger partial charge in [-0.2, -0.15) is 0 Å². The van der Waals surface area contributed by atoms with Crippen molar-refractivity contribution in [3.8, 4) is 11.3 Å². The van der Waals surface area contributed by atoms with E-state index < -0.39 is 0 Å². The van der Waals surface area contributed by atoms with E-state index in [2.05, 4.69) is 24.0 Å². The van der Waals surface area contributed by atoms with Crippen LogP contribution >= 0.6 is 0 Å². The van der Waals surface area contributed by atoms with Gasteiger partial charge in [-0.25, -0.2) is 0 Å². The molecule has 0 aliphatic carbocycles. The van der Waals surface area contributed by atoms with Gasteiger partial charge in [0, 0.05) is 29.4 Å². The van der Waals surface area contributed by atoms with Crippen molar-refractivity contribution in [2.45, 2.75) is 32.7 Å². The van der Waals surface area contributed by atoms with Crippen molar-refractivity contribution in [3.63, 3.8) is 0 Å². The topological polar surface area (TPSA) is 34.9 Å². The first-order valence-corrected chi connectivity index (χ1v) is 8.30. The van der Waals surface area contributed by atoms with Crippen molar-refractivity contribution in [1.29, 1.82) is 0 Å². The van der Waals surface area contributed by atoms with Crippen LogP contribution in [0.4, 0.5) is 0 Å². The van der Waals surface area contributed by atoms with Gasteiger partial charge in [-0.15, -0.1) is 0 Å². The summed E-state index contributed by atoms with van der Waals surface area (Å²) in [6, 6.07) is 14.1. The van der Waals surface area contributed by atoms with Gasteiger partial charge in [-0.05, 0) is 60.9 Å². The fourth-order valence-electron chi connectivity index (χ4n) is 3.44. The van der Waals surface area contributed by atoms with E-state index in [1.807, 2.05) is 34.9 Å². The highest BCUT2D eigenvalue weighted by atomic mass is 16.1. The van der Waals surface area contributed by atoms with Gasteiger partial charge in [0.25, 0.3) is 5.56 Å². The van der Waals surface area contributed by atoms with Crippen LogP contribution in [-0.2, 0) is 13.0 Å². The standard InChI is InChI=1S/C20H20N2O/c1-14-5-7-17-13-16-12-15(19-4-2-3-10-21-19)6-8-18(16)20(23)22(17)11-9-14/h2-4,6,8,10,12-14H,5,7,9,11H2,1H3. The number of rotatable bonds is 1. The van der Waals surface area contributed by atoms with Crippen LogP contribution in [-0.4, -0.2) is 9.55 Å². The molecule has 0 bridgehead atoms. The zero-order valence-electron chi connectivity index (χ0n) is 13.3. The van der Waals surface area contributed by atoms with E-state index in [-0.39, 0.29) is 5.56 Å². The second kappa shape index (κ2) is 5.65. The average Bonchev–Trinajstić information content (AvgIpc) is 2.78. The fraction of sp³-hybridized carbons (Fsp3) is 0.300. The summed E-state index contributed by atoms with van der Waals surface area (Å²) in [5, 5.41) is 1.84. The predicted molar refractivity (Wildman–Crippen MR) is 93.5 cm³/mol. The molecule has 1 unspecified atom stereocenters. The van der Waals surface area contributed by atoms with Crippen molar-refractivity contribution in [2.24, 2.45) is 5.92 Å². The molecular formula is C20H20N2O. The van der Waals surface area contributed by atoms with E-state index in [0.717, 1.165) is 47.8 Å². The number of fused-ring (bicyclic) bond motifs is 2. The summed E-state index contributed by atoms with van der Waals surface area (Å²) in [5.74, 6) is 0.682. The lowest BCUT2D eigenvalue weighted by atomic mass is 10.0. The summed E-state index contributed by atoms with van der Waals surface area (Å²) in [6.07, 6.45) is 5.03. The van der Waals surface area contributed by atoms with Gasteiger partial charge in [-0.3, -0.25) is 9.78 Å². The highest BCUT2D eigenvalue weighted by Crippen LogP contribution is 2.25. The molecule has 3 heterocycles. The molecule has 23 heavy (non-hydrogen) atoms. The maximum atomic E-state index is 12.8. The SMILES string of the molecule is CC1CCc2cc3cc(-c4ccccn4)ccc3c(=O)n2CC1. The largest absolute Gasteiger partial charge is 0.312 e. The third kappa shape index (κ3) is 2.56. The Morgan fingerprint density at radius 3 is 2.87 bits per heavy atom. The summed E-state index contributed by atoms with van der Waals surface area (Å²) in [6.45, 7) is 3.11. The monoisotopic (exact) mass is 304 g/mol. The molecule has 2 aromatic heterocycles. The molecule has 0 spiro atoms. The molecule has 3 aromatic rings. The fourth-order valence-corrected chi connectivity index (χ4v) is 3.44. The summed E-state index contributed by atoms with van der Waals surface area (Å²) in [7, 11) is 0. The molecule has 4 rings (SSSR count). The zero-order chi connectivity index (χ0) is 15.8. The van der Waals surface area contributed by atoms with Crippen LogP contribution in [0.15, 0.2) is 53.5 Å². The maximum absolute atomic E-state index is 12.8. The van der Waals surface area contributed by atoms with Gasteiger partial charge in [0.1, 0.15) is 0 Å². The quantitative estimate of drug-likeness (QED) is 0.680. The van der Waals surface area contributed by atoms with E-state index in [4.69, 9.17) is 0 Å². The van der Waals surface area contributed by atoms with Crippen molar-refractivity contribution in [2.75, 3.05) is 0 Å². The summed E-state index contributed by atoms with van der Waals surface area (Å²) >= 11 is 0. The van der Waals surface area contributed by atoms with E-state index >= 15 is 0 Å². The van der Waals surface area contributed by atoms with Crippen molar-refractivity contribution < 1.29 is 0 Å². The first kappa shape index (κ1) is 14.2. The molecule has 1 aliphatic rings. The molecule has 0 saturated carbocycles. The maximum Gasteiger partial charge on any atom is 0.258 e. The number of benzene rings is 1. The molecule has 0 radical (unpaired) electrons. The Bertz CT molecular complexity index is 912. The molecule has 0 saturated heterocycles. The Kier molecular flexibility index (Phi) is 3.49. The summed E-state index contributed by atoms with van der Waals surface area (Å²) in [5.41, 5.74) is 3.33. The van der Waals surface area contributed by atoms with Gasteiger partial charge < -0.3 is 4.57 Å². The Labute approximate surface area is 135 Å². The lowest BCUT2D eigenvalue weighted by Gasteiger charge is -2.12. The number of hydrogen-bond acceptors (Lipinski definition) is 2. The molecule has 116 valence electrons. The third-order valence-corrected chi connectivity index (χ3v) is 4.90. The van der Waals surface area contributed by atoms with Crippen LogP contribution in [0.1, 0.15) is 25.5 Å². The normalized spacial score (nSPS) is 17.7. The second-order valence-electron chi connectivity index (χ2n) is 6.54. The number of aryl methyl sites for hydroxylation is 1. The Morgan fingerprint density at radius 1 is 1.13 bits per heavy atom. The van der Waals surface area contributed by atoms with Gasteiger partial charge >= 0.3 is 0 Å². The lowest BCUT2D eigenvalue weighted by Crippen LogP contribution is -2.22. The first-order valence-electron chi connectivity index (χ1n) is 8.30. The summed E-state index contributed by atoms with van der Waals surface area (Å²) < 4.78 is 1.98. The highest BCUT2D eigenvalue weighted by molar-refractivity contribution is 5.86. The third-order valence-electron chi connectivity index (χ3n) is 4.90. The average molecular weight is 304 g/mol. The molecule has 1 aliphatic heterocycles. The van der Waals surface area contributed by atoms with Crippen LogP contribution in [0.25, 0.3) is 22.0 Å². The van der Waals surface area contributed by atoms with Gasteiger partial charge in [0.05, 0.1) is 5.69 Å². The molecular weight excluding hydrogens is 284 g/mol. The molecule has 0 fully saturated rings. The molecule has 1 atom stereocenters. The van der Waals surface area contributed by atoms with Crippen LogP contribution < -0.4 is 5.56 Å². The number of pyridine rings is 2. The van der Waals surface area contributed by atoms with Gasteiger partial charge in [-0.1, -0.05) is 19.1 Å². The predicted octanol–water partition coefficient (Wildman–Crippen LogP) is 4.04. The molecule has 3 nitrogen and oxygen atoms in total. The molecule has 0 N–H and O–H groups in total. The first-order chi connectivity index (χ1) is 11.2. The Hall–Kier alpha value is -2.42. The van der Waals surface area contributed by atoms with Gasteiger partial charge in [0.2, 0.25) is 0 Å². The van der Waals surface area contributed by atoms with Crippen LogP contribution in [0.5, 0.6) is 0 Å². The minimum atomic E-state index is 0.152. The number of nitrogens with zero attached hydrogens (tertiary/aromatic N) is 2. The minimum absolute atomic E-state index is 0.152. The highest BCUT2D eigenvalue weighted by Gasteiger charge is 2.16. The number of hydrogen-bond donors (Lipinski definition) is 0. The Balaban J connectivity index is 1.88. The van der Waals surface area contributed by atoms with E-state index in [1.54, 1.807) is 6.20 Å². The molecule has 0 amide bonds.